The summed E-state index contributed by atoms with van der Waals surface area (Å²) in [7, 11) is 0. The molecule has 0 radical (unpaired) electrons. The Morgan fingerprint density at radius 2 is 1.97 bits per heavy atom. The summed E-state index contributed by atoms with van der Waals surface area (Å²) < 4.78 is 0. The van der Waals surface area contributed by atoms with Gasteiger partial charge >= 0.3 is 5.97 Å². The fourth-order valence-corrected chi connectivity index (χ4v) is 7.31. The molecule has 0 bridgehead atoms. The second kappa shape index (κ2) is 8.60. The van der Waals surface area contributed by atoms with E-state index in [1.54, 1.807) is 18.7 Å². The number of carboxylic acid groups (broad SMARTS) is 1. The van der Waals surface area contributed by atoms with E-state index < -0.39 is 18.0 Å². The van der Waals surface area contributed by atoms with Crippen molar-refractivity contribution >= 4 is 23.6 Å². The number of thioether (sulfide) groups is 1. The summed E-state index contributed by atoms with van der Waals surface area (Å²) in [5, 5.41) is 20.1. The van der Waals surface area contributed by atoms with E-state index in [1.807, 2.05) is 6.92 Å². The Morgan fingerprint density at radius 3 is 2.62 bits per heavy atom. The molecule has 7 heteroatoms. The van der Waals surface area contributed by atoms with Crippen LogP contribution < -0.4 is 0 Å². The third-order valence-corrected chi connectivity index (χ3v) is 8.95. The lowest BCUT2D eigenvalue weighted by Gasteiger charge is -2.46. The van der Waals surface area contributed by atoms with Crippen molar-refractivity contribution in [3.8, 4) is 0 Å². The molecule has 0 aromatic rings. The predicted molar refractivity (Wildman–Crippen MR) is 113 cm³/mol. The van der Waals surface area contributed by atoms with E-state index in [-0.39, 0.29) is 23.6 Å². The highest BCUT2D eigenvalue weighted by Crippen LogP contribution is 2.51. The number of aliphatic hydroxyl groups excluding tert-OH is 1. The zero-order valence-corrected chi connectivity index (χ0v) is 18.4. The number of β-lactam (4-membered cyclic amide) rings is 1. The van der Waals surface area contributed by atoms with Crippen LogP contribution in [0.2, 0.25) is 0 Å². The molecule has 3 fully saturated rings. The molecule has 4 rings (SSSR count). The highest BCUT2D eigenvalue weighted by atomic mass is 32.2. The van der Waals surface area contributed by atoms with Gasteiger partial charge in [-0.25, -0.2) is 4.79 Å². The predicted octanol–water partition coefficient (Wildman–Crippen LogP) is 2.92. The van der Waals surface area contributed by atoms with Gasteiger partial charge in [0.1, 0.15) is 5.70 Å². The molecule has 162 valence electrons. The van der Waals surface area contributed by atoms with Gasteiger partial charge in [0, 0.05) is 22.6 Å². The fraction of sp³-hybridized carbons (Fsp3) is 0.818. The van der Waals surface area contributed by atoms with Crippen LogP contribution in [0.5, 0.6) is 0 Å². The first-order valence-electron chi connectivity index (χ1n) is 11.3. The van der Waals surface area contributed by atoms with Crippen molar-refractivity contribution < 1.29 is 19.8 Å². The number of fused-ring (bicyclic) bond motifs is 1. The van der Waals surface area contributed by atoms with E-state index in [9.17, 15) is 19.8 Å². The molecule has 1 saturated carbocycles. The zero-order valence-electron chi connectivity index (χ0n) is 17.5. The Kier molecular flexibility index (Phi) is 6.28. The van der Waals surface area contributed by atoms with Crippen molar-refractivity contribution in [3.63, 3.8) is 0 Å². The normalized spacial score (nSPS) is 34.4. The number of aliphatic carboxylic acids is 1. The van der Waals surface area contributed by atoms with E-state index in [4.69, 9.17) is 0 Å². The second-order valence-corrected chi connectivity index (χ2v) is 10.7. The summed E-state index contributed by atoms with van der Waals surface area (Å²) >= 11 is 1.67. The van der Waals surface area contributed by atoms with Crippen LogP contribution in [0.15, 0.2) is 10.6 Å². The average Bonchev–Trinajstić information content (AvgIpc) is 3.22. The number of carbonyl (C=O) groups is 2. The van der Waals surface area contributed by atoms with Crippen molar-refractivity contribution in [1.29, 1.82) is 0 Å². The highest BCUT2D eigenvalue weighted by molar-refractivity contribution is 8.03. The molecule has 3 heterocycles. The van der Waals surface area contributed by atoms with Crippen LogP contribution in [-0.4, -0.2) is 68.9 Å². The van der Waals surface area contributed by atoms with Crippen molar-refractivity contribution in [1.82, 2.24) is 9.80 Å². The lowest BCUT2D eigenvalue weighted by molar-refractivity contribution is -0.163. The zero-order chi connectivity index (χ0) is 20.7. The number of rotatable bonds is 7. The molecule has 0 unspecified atom stereocenters. The first kappa shape index (κ1) is 21.2. The van der Waals surface area contributed by atoms with Crippen LogP contribution in [0.3, 0.4) is 0 Å². The van der Waals surface area contributed by atoms with Crippen molar-refractivity contribution in [2.75, 3.05) is 19.6 Å². The second-order valence-electron chi connectivity index (χ2n) is 9.39. The number of carbonyl (C=O) groups excluding carboxylic acids is 1. The average molecular weight is 423 g/mol. The largest absolute Gasteiger partial charge is 0.477 e. The van der Waals surface area contributed by atoms with Crippen LogP contribution in [0, 0.1) is 17.8 Å². The van der Waals surface area contributed by atoms with Crippen LogP contribution in [0.25, 0.3) is 0 Å². The summed E-state index contributed by atoms with van der Waals surface area (Å²) in [6, 6.07) is -0.208. The highest BCUT2D eigenvalue weighted by Gasteiger charge is 2.60. The van der Waals surface area contributed by atoms with E-state index in [0.29, 0.717) is 5.25 Å². The van der Waals surface area contributed by atoms with E-state index in [0.717, 1.165) is 36.9 Å². The molecule has 29 heavy (non-hydrogen) atoms. The van der Waals surface area contributed by atoms with Gasteiger partial charge in [-0.3, -0.25) is 4.79 Å². The SMILES string of the molecule is C[C@@H](O)[C@H]1C(=O)N2C(C(=O)O)=C(S[C@@H]3CCN(CCC4CCCCC4)C3)[C@H](C)[C@H]12. The number of nitrogens with zero attached hydrogens (tertiary/aromatic N) is 2. The molecule has 1 aliphatic carbocycles. The molecule has 0 spiro atoms. The Morgan fingerprint density at radius 1 is 1.24 bits per heavy atom. The number of amides is 1. The first-order chi connectivity index (χ1) is 13.9. The molecule has 3 aliphatic heterocycles. The topological polar surface area (TPSA) is 81.1 Å². The van der Waals surface area contributed by atoms with Crippen LogP contribution in [-0.2, 0) is 9.59 Å². The number of likely N-dealkylation sites (tertiary alicyclic amines) is 1. The Bertz CT molecular complexity index is 688. The minimum absolute atomic E-state index is 0.0281. The lowest BCUT2D eigenvalue weighted by Crippen LogP contribution is -2.63. The van der Waals surface area contributed by atoms with Gasteiger partial charge in [0.15, 0.2) is 0 Å². The van der Waals surface area contributed by atoms with Gasteiger partial charge in [-0.05, 0) is 38.8 Å². The molecular weight excluding hydrogens is 388 g/mol. The van der Waals surface area contributed by atoms with Gasteiger partial charge in [-0.2, -0.15) is 0 Å². The maximum atomic E-state index is 12.5. The minimum Gasteiger partial charge on any atom is -0.477 e. The number of carboxylic acids is 1. The summed E-state index contributed by atoms with van der Waals surface area (Å²) in [6.45, 7) is 6.86. The monoisotopic (exact) mass is 422 g/mol. The molecule has 0 aromatic heterocycles. The van der Waals surface area contributed by atoms with Crippen molar-refractivity contribution in [2.24, 2.45) is 17.8 Å². The van der Waals surface area contributed by atoms with Crippen molar-refractivity contribution in [3.05, 3.63) is 10.6 Å². The molecule has 2 N–H and O–H groups in total. The fourth-order valence-electron chi connectivity index (χ4n) is 5.80. The van der Waals surface area contributed by atoms with Gasteiger partial charge in [-0.15, -0.1) is 11.8 Å². The number of hydrogen-bond acceptors (Lipinski definition) is 5. The smallest absolute Gasteiger partial charge is 0.353 e. The Balaban J connectivity index is 1.37. The van der Waals surface area contributed by atoms with Crippen LogP contribution in [0.1, 0.15) is 58.8 Å². The van der Waals surface area contributed by atoms with Gasteiger partial charge in [0.25, 0.3) is 0 Å². The summed E-state index contributed by atoms with van der Waals surface area (Å²) in [5.74, 6) is -0.886. The molecule has 2 saturated heterocycles. The van der Waals surface area contributed by atoms with Gasteiger partial charge < -0.3 is 20.0 Å². The first-order valence-corrected chi connectivity index (χ1v) is 12.1. The van der Waals surface area contributed by atoms with Crippen molar-refractivity contribution in [2.45, 2.75) is 76.2 Å². The van der Waals surface area contributed by atoms with E-state index >= 15 is 0 Å². The third kappa shape index (κ3) is 3.98. The Labute approximate surface area is 177 Å². The maximum Gasteiger partial charge on any atom is 0.353 e. The van der Waals surface area contributed by atoms with Crippen LogP contribution >= 0.6 is 11.8 Å². The van der Waals surface area contributed by atoms with Gasteiger partial charge in [-0.1, -0.05) is 39.0 Å². The van der Waals surface area contributed by atoms with E-state index in [1.165, 1.54) is 43.4 Å². The Hall–Kier alpha value is -1.05. The summed E-state index contributed by atoms with van der Waals surface area (Å²) in [4.78, 5) is 29.2. The van der Waals surface area contributed by atoms with E-state index in [2.05, 4.69) is 4.90 Å². The third-order valence-electron chi connectivity index (χ3n) is 7.41. The van der Waals surface area contributed by atoms with Crippen LogP contribution in [0.4, 0.5) is 0 Å². The molecule has 0 aromatic carbocycles. The summed E-state index contributed by atoms with van der Waals surface area (Å²) in [6.07, 6.45) is 8.55. The molecule has 6 nitrogen and oxygen atoms in total. The molecule has 5 atom stereocenters. The quantitative estimate of drug-likeness (QED) is 0.614. The minimum atomic E-state index is -1.02. The summed E-state index contributed by atoms with van der Waals surface area (Å²) in [5.41, 5.74) is 0.162. The maximum absolute atomic E-state index is 12.5. The number of hydrogen-bond donors (Lipinski definition) is 2. The standard InChI is InChI=1S/C22H34N2O4S/c1-13-18-17(14(2)25)21(26)24(18)19(22(27)28)20(13)29-16-9-11-23(12-16)10-8-15-6-4-3-5-7-15/h13-18,25H,3-12H2,1-2H3,(H,27,28)/t13-,14-,16-,17-,18-/m1/s1. The number of aliphatic hydroxyl groups is 1. The lowest BCUT2D eigenvalue weighted by atomic mass is 9.79. The van der Waals surface area contributed by atoms with Gasteiger partial charge in [0.05, 0.1) is 18.1 Å². The molecule has 4 aliphatic rings. The molecule has 1 amide bonds. The molecular formula is C22H34N2O4S. The van der Waals surface area contributed by atoms with Gasteiger partial charge in [0.2, 0.25) is 5.91 Å².